The fourth-order valence-electron chi connectivity index (χ4n) is 4.13. The van der Waals surface area contributed by atoms with Crippen LogP contribution in [0, 0.1) is 5.92 Å². The Morgan fingerprint density at radius 2 is 2.27 bits per heavy atom. The van der Waals surface area contributed by atoms with Crippen molar-refractivity contribution in [3.05, 3.63) is 41.6 Å². The van der Waals surface area contributed by atoms with Gasteiger partial charge in [0, 0.05) is 42.3 Å². The van der Waals surface area contributed by atoms with E-state index in [2.05, 4.69) is 46.2 Å². The Labute approximate surface area is 153 Å². The van der Waals surface area contributed by atoms with Crippen LogP contribution in [0.5, 0.6) is 0 Å². The SMILES string of the molecule is CC(C)N(NCCO)C(=O)[C@@H]1C=C2c3cccc4[nH]cc(c34)C[C@H]2NC1. The van der Waals surface area contributed by atoms with Gasteiger partial charge in [0.25, 0.3) is 0 Å². The standard InChI is InChI=1S/C20H26N4O2/c1-12(2)24(23-6-7-25)20(26)14-8-16-15-4-3-5-17-19(15)13(10-21-17)9-18(16)22-11-14/h3-5,8,10,12,14,18,21-23,25H,6-7,9,11H2,1-2H3/t14-,18-/m1/s1. The summed E-state index contributed by atoms with van der Waals surface area (Å²) in [6.07, 6.45) is 5.19. The number of carbonyl (C=O) groups excluding carboxylic acids is 1. The second kappa shape index (κ2) is 6.87. The van der Waals surface area contributed by atoms with E-state index in [0.717, 1.165) is 11.9 Å². The van der Waals surface area contributed by atoms with Gasteiger partial charge >= 0.3 is 0 Å². The lowest BCUT2D eigenvalue weighted by Gasteiger charge is -2.36. The van der Waals surface area contributed by atoms with Crippen molar-refractivity contribution >= 4 is 22.4 Å². The Balaban J connectivity index is 1.67. The number of nitrogens with one attached hydrogen (secondary N) is 3. The molecule has 1 aromatic carbocycles. The summed E-state index contributed by atoms with van der Waals surface area (Å²) in [5.41, 5.74) is 7.97. The third kappa shape index (κ3) is 2.84. The molecule has 1 amide bonds. The van der Waals surface area contributed by atoms with Crippen molar-refractivity contribution in [1.82, 2.24) is 20.7 Å². The highest BCUT2D eigenvalue weighted by atomic mass is 16.3. The van der Waals surface area contributed by atoms with Crippen LogP contribution in [0.4, 0.5) is 0 Å². The van der Waals surface area contributed by atoms with Crippen molar-refractivity contribution in [3.63, 3.8) is 0 Å². The molecule has 6 nitrogen and oxygen atoms in total. The number of rotatable bonds is 5. The number of fused-ring (bicyclic) bond motifs is 2. The van der Waals surface area contributed by atoms with Crippen molar-refractivity contribution in [3.8, 4) is 0 Å². The maximum atomic E-state index is 13.0. The number of carbonyl (C=O) groups is 1. The molecule has 0 saturated carbocycles. The summed E-state index contributed by atoms with van der Waals surface area (Å²) in [6.45, 7) is 4.95. The van der Waals surface area contributed by atoms with Crippen LogP contribution in [0.15, 0.2) is 30.5 Å². The van der Waals surface area contributed by atoms with Gasteiger partial charge in [-0.05, 0) is 43.0 Å². The Bertz CT molecular complexity index is 855. The van der Waals surface area contributed by atoms with Gasteiger partial charge in [0.15, 0.2) is 0 Å². The first-order chi connectivity index (χ1) is 12.6. The number of aliphatic hydroxyl groups is 1. The van der Waals surface area contributed by atoms with E-state index in [1.165, 1.54) is 22.1 Å². The number of nitrogens with zero attached hydrogens (tertiary/aromatic N) is 1. The lowest BCUT2D eigenvalue weighted by Crippen LogP contribution is -2.53. The normalized spacial score (nSPS) is 21.6. The van der Waals surface area contributed by atoms with Gasteiger partial charge in [0.2, 0.25) is 5.91 Å². The fraction of sp³-hybridized carbons (Fsp3) is 0.450. The number of hydrazine groups is 1. The zero-order chi connectivity index (χ0) is 18.3. The van der Waals surface area contributed by atoms with E-state index in [4.69, 9.17) is 5.11 Å². The number of amides is 1. The zero-order valence-electron chi connectivity index (χ0n) is 15.2. The molecule has 4 rings (SSSR count). The Kier molecular flexibility index (Phi) is 4.56. The molecule has 1 aliphatic carbocycles. The number of aromatic nitrogens is 1. The van der Waals surface area contributed by atoms with Crippen LogP contribution in [0.2, 0.25) is 0 Å². The second-order valence-electron chi connectivity index (χ2n) is 7.37. The lowest BCUT2D eigenvalue weighted by molar-refractivity contribution is -0.139. The van der Waals surface area contributed by atoms with E-state index in [-0.39, 0.29) is 30.5 Å². The van der Waals surface area contributed by atoms with E-state index in [1.807, 2.05) is 13.8 Å². The minimum atomic E-state index is -0.217. The van der Waals surface area contributed by atoms with Crippen LogP contribution in [0.25, 0.3) is 16.5 Å². The van der Waals surface area contributed by atoms with Crippen LogP contribution >= 0.6 is 0 Å². The number of H-pyrrole nitrogens is 1. The highest BCUT2D eigenvalue weighted by Crippen LogP contribution is 2.38. The van der Waals surface area contributed by atoms with Gasteiger partial charge in [-0.3, -0.25) is 9.80 Å². The summed E-state index contributed by atoms with van der Waals surface area (Å²) in [6, 6.07) is 6.59. The molecule has 138 valence electrons. The third-order valence-electron chi connectivity index (χ3n) is 5.33. The van der Waals surface area contributed by atoms with E-state index in [9.17, 15) is 4.79 Å². The first kappa shape index (κ1) is 17.3. The molecule has 0 spiro atoms. The Hall–Kier alpha value is -2.15. The van der Waals surface area contributed by atoms with Crippen molar-refractivity contribution in [2.75, 3.05) is 19.7 Å². The molecule has 1 aromatic heterocycles. The summed E-state index contributed by atoms with van der Waals surface area (Å²) >= 11 is 0. The van der Waals surface area contributed by atoms with E-state index in [0.29, 0.717) is 13.1 Å². The smallest absolute Gasteiger partial charge is 0.245 e. The molecule has 1 aliphatic heterocycles. The second-order valence-corrected chi connectivity index (χ2v) is 7.37. The first-order valence-electron chi connectivity index (χ1n) is 9.32. The molecule has 0 unspecified atom stereocenters. The van der Waals surface area contributed by atoms with E-state index < -0.39 is 0 Å². The maximum absolute atomic E-state index is 13.0. The molecule has 2 aromatic rings. The average molecular weight is 354 g/mol. The number of hydrogen-bond donors (Lipinski definition) is 4. The van der Waals surface area contributed by atoms with Gasteiger partial charge < -0.3 is 15.4 Å². The predicted octanol–water partition coefficient (Wildman–Crippen LogP) is 1.43. The molecule has 0 radical (unpaired) electrons. The van der Waals surface area contributed by atoms with Crippen LogP contribution in [0.3, 0.4) is 0 Å². The first-order valence-corrected chi connectivity index (χ1v) is 9.32. The van der Waals surface area contributed by atoms with Crippen LogP contribution in [0.1, 0.15) is 25.0 Å². The number of benzene rings is 1. The minimum Gasteiger partial charge on any atom is -0.395 e. The minimum absolute atomic E-state index is 0.000837. The van der Waals surface area contributed by atoms with Crippen LogP contribution in [-0.4, -0.2) is 52.8 Å². The summed E-state index contributed by atoms with van der Waals surface area (Å²) in [7, 11) is 0. The fourth-order valence-corrected chi connectivity index (χ4v) is 4.13. The van der Waals surface area contributed by atoms with Gasteiger partial charge in [-0.1, -0.05) is 18.2 Å². The molecule has 2 aliphatic rings. The maximum Gasteiger partial charge on any atom is 0.245 e. The molecule has 4 N–H and O–H groups in total. The highest BCUT2D eigenvalue weighted by Gasteiger charge is 2.34. The van der Waals surface area contributed by atoms with Crippen molar-refractivity contribution in [2.24, 2.45) is 5.92 Å². The number of aliphatic hydroxyl groups excluding tert-OH is 1. The Morgan fingerprint density at radius 1 is 1.42 bits per heavy atom. The van der Waals surface area contributed by atoms with Crippen molar-refractivity contribution in [2.45, 2.75) is 32.4 Å². The van der Waals surface area contributed by atoms with Gasteiger partial charge in [-0.15, -0.1) is 0 Å². The van der Waals surface area contributed by atoms with Gasteiger partial charge in [-0.2, -0.15) is 0 Å². The predicted molar refractivity (Wildman–Crippen MR) is 102 cm³/mol. The molecule has 0 bridgehead atoms. The topological polar surface area (TPSA) is 80.4 Å². The van der Waals surface area contributed by atoms with Gasteiger partial charge in [0.05, 0.1) is 12.5 Å². The van der Waals surface area contributed by atoms with Crippen LogP contribution in [-0.2, 0) is 11.2 Å². The molecule has 26 heavy (non-hydrogen) atoms. The Morgan fingerprint density at radius 3 is 3.04 bits per heavy atom. The number of aromatic amines is 1. The monoisotopic (exact) mass is 354 g/mol. The molecule has 2 atom stereocenters. The zero-order valence-corrected chi connectivity index (χ0v) is 15.2. The van der Waals surface area contributed by atoms with Crippen molar-refractivity contribution < 1.29 is 9.90 Å². The average Bonchev–Trinajstić information content (AvgIpc) is 3.06. The van der Waals surface area contributed by atoms with E-state index in [1.54, 1.807) is 5.01 Å². The summed E-state index contributed by atoms with van der Waals surface area (Å²) in [5.74, 6) is -0.176. The van der Waals surface area contributed by atoms with Gasteiger partial charge in [-0.25, -0.2) is 5.43 Å². The van der Waals surface area contributed by atoms with Crippen molar-refractivity contribution in [1.29, 1.82) is 0 Å². The summed E-state index contributed by atoms with van der Waals surface area (Å²) < 4.78 is 0. The third-order valence-corrected chi connectivity index (χ3v) is 5.33. The number of hydrogen-bond acceptors (Lipinski definition) is 4. The van der Waals surface area contributed by atoms with Crippen LogP contribution < -0.4 is 10.7 Å². The quantitative estimate of drug-likeness (QED) is 0.613. The largest absolute Gasteiger partial charge is 0.395 e. The molecule has 0 saturated heterocycles. The molecular weight excluding hydrogens is 328 g/mol. The highest BCUT2D eigenvalue weighted by molar-refractivity contribution is 5.99. The summed E-state index contributed by atoms with van der Waals surface area (Å²) in [4.78, 5) is 16.4. The summed E-state index contributed by atoms with van der Waals surface area (Å²) in [5, 5.41) is 15.6. The van der Waals surface area contributed by atoms with Gasteiger partial charge in [0.1, 0.15) is 0 Å². The molecule has 6 heteroatoms. The molecule has 2 heterocycles. The lowest BCUT2D eigenvalue weighted by atomic mass is 9.80. The van der Waals surface area contributed by atoms with E-state index >= 15 is 0 Å². The molecule has 0 fully saturated rings. The molecular formula is C20H26N4O2.